The Labute approximate surface area is 189 Å². The van der Waals surface area contributed by atoms with Crippen molar-refractivity contribution >= 4 is 12.1 Å². The van der Waals surface area contributed by atoms with Crippen LogP contribution < -0.4 is 10.6 Å². The van der Waals surface area contributed by atoms with E-state index in [-0.39, 0.29) is 17.5 Å². The molecule has 1 aliphatic rings. The summed E-state index contributed by atoms with van der Waals surface area (Å²) in [4.78, 5) is 18.7. The summed E-state index contributed by atoms with van der Waals surface area (Å²) in [6.07, 6.45) is 13.9. The standard InChI is InChI=1S/C25H41N5O/c1-7-10-11-12-16-27-23(24(5,9-3)22(8-2)29-21(4)31)13-18-30(6)19-17-28-25(20-26)14-15-25/h8-9,13,16,22,28H,2-3,7,10-12,14-15,17-19H2,1,4-6H3,(H,29,31)/b23-13-,27-16+. The monoisotopic (exact) mass is 427 g/mol. The van der Waals surface area contributed by atoms with Crippen LogP contribution in [0.2, 0.25) is 0 Å². The summed E-state index contributed by atoms with van der Waals surface area (Å²) >= 11 is 0. The molecule has 6 nitrogen and oxygen atoms in total. The molecule has 0 heterocycles. The predicted octanol–water partition coefficient (Wildman–Crippen LogP) is 3.98. The van der Waals surface area contributed by atoms with Crippen LogP contribution in [-0.4, -0.2) is 55.3 Å². The second-order valence-corrected chi connectivity index (χ2v) is 8.68. The molecule has 0 aromatic rings. The summed E-state index contributed by atoms with van der Waals surface area (Å²) in [6.45, 7) is 16.0. The lowest BCUT2D eigenvalue weighted by Gasteiger charge is -2.34. The van der Waals surface area contributed by atoms with Crippen LogP contribution in [0.3, 0.4) is 0 Å². The first-order valence-corrected chi connectivity index (χ1v) is 11.4. The lowest BCUT2D eigenvalue weighted by molar-refractivity contribution is -0.119. The lowest BCUT2D eigenvalue weighted by Crippen LogP contribution is -2.44. The summed E-state index contributed by atoms with van der Waals surface area (Å²) in [6, 6.07) is 2.05. The molecule has 0 saturated heterocycles. The lowest BCUT2D eigenvalue weighted by atomic mass is 9.78. The zero-order valence-corrected chi connectivity index (χ0v) is 19.9. The molecule has 1 rings (SSSR count). The van der Waals surface area contributed by atoms with Crippen molar-refractivity contribution in [2.45, 2.75) is 70.9 Å². The average molecular weight is 428 g/mol. The zero-order valence-electron chi connectivity index (χ0n) is 19.9. The van der Waals surface area contributed by atoms with Crippen molar-refractivity contribution in [3.63, 3.8) is 0 Å². The van der Waals surface area contributed by atoms with Gasteiger partial charge in [0, 0.05) is 38.5 Å². The summed E-state index contributed by atoms with van der Waals surface area (Å²) in [5, 5.41) is 15.5. The number of aliphatic imine (C=N–C) groups is 1. The summed E-state index contributed by atoms with van der Waals surface area (Å²) in [7, 11) is 2.05. The van der Waals surface area contributed by atoms with Crippen molar-refractivity contribution in [1.82, 2.24) is 15.5 Å². The van der Waals surface area contributed by atoms with E-state index in [9.17, 15) is 10.1 Å². The topological polar surface area (TPSA) is 80.5 Å². The van der Waals surface area contributed by atoms with Gasteiger partial charge in [-0.2, -0.15) is 5.26 Å². The van der Waals surface area contributed by atoms with Gasteiger partial charge < -0.3 is 10.2 Å². The number of nitrogens with zero attached hydrogens (tertiary/aromatic N) is 3. The van der Waals surface area contributed by atoms with Crippen LogP contribution in [0, 0.1) is 16.7 Å². The molecular formula is C25H41N5O. The Kier molecular flexibility index (Phi) is 11.4. The van der Waals surface area contributed by atoms with E-state index in [1.807, 2.05) is 19.2 Å². The summed E-state index contributed by atoms with van der Waals surface area (Å²) in [5.41, 5.74) is 0.00181. The van der Waals surface area contributed by atoms with Crippen molar-refractivity contribution in [3.05, 3.63) is 37.1 Å². The molecule has 2 unspecified atom stereocenters. The first-order chi connectivity index (χ1) is 14.8. The van der Waals surface area contributed by atoms with Crippen LogP contribution in [0.1, 0.15) is 59.3 Å². The predicted molar refractivity (Wildman–Crippen MR) is 130 cm³/mol. The molecule has 6 heteroatoms. The van der Waals surface area contributed by atoms with Crippen LogP contribution in [0.25, 0.3) is 0 Å². The van der Waals surface area contributed by atoms with Gasteiger partial charge in [0.25, 0.3) is 0 Å². The van der Waals surface area contributed by atoms with E-state index < -0.39 is 5.41 Å². The number of nitriles is 1. The van der Waals surface area contributed by atoms with E-state index in [1.165, 1.54) is 19.8 Å². The molecule has 0 aliphatic heterocycles. The number of carbonyl (C=O) groups excluding carboxylic acids is 1. The van der Waals surface area contributed by atoms with E-state index in [0.717, 1.165) is 44.5 Å². The van der Waals surface area contributed by atoms with Gasteiger partial charge in [0.05, 0.1) is 17.5 Å². The first kappa shape index (κ1) is 26.8. The van der Waals surface area contributed by atoms with E-state index in [2.05, 4.69) is 54.8 Å². The maximum Gasteiger partial charge on any atom is 0.217 e. The largest absolute Gasteiger partial charge is 0.349 e. The van der Waals surface area contributed by atoms with Gasteiger partial charge in [0.15, 0.2) is 0 Å². The molecular weight excluding hydrogens is 386 g/mol. The second-order valence-electron chi connectivity index (χ2n) is 8.68. The molecule has 1 aliphatic carbocycles. The smallest absolute Gasteiger partial charge is 0.217 e. The number of likely N-dealkylation sites (N-methyl/N-ethyl adjacent to an activating group) is 1. The number of rotatable bonds is 16. The fraction of sp³-hybridized carbons (Fsp3) is 0.640. The van der Waals surface area contributed by atoms with Crippen molar-refractivity contribution in [2.24, 2.45) is 10.4 Å². The maximum absolute atomic E-state index is 11.7. The number of hydrogen-bond donors (Lipinski definition) is 2. The van der Waals surface area contributed by atoms with Crippen LogP contribution in [0.15, 0.2) is 42.1 Å². The molecule has 0 radical (unpaired) electrons. The van der Waals surface area contributed by atoms with Gasteiger partial charge in [-0.3, -0.25) is 15.1 Å². The van der Waals surface area contributed by atoms with Gasteiger partial charge in [-0.05, 0) is 45.7 Å². The van der Waals surface area contributed by atoms with Gasteiger partial charge in [-0.25, -0.2) is 0 Å². The first-order valence-electron chi connectivity index (χ1n) is 11.4. The average Bonchev–Trinajstić information content (AvgIpc) is 3.53. The van der Waals surface area contributed by atoms with Crippen LogP contribution >= 0.6 is 0 Å². The molecule has 0 spiro atoms. The van der Waals surface area contributed by atoms with E-state index in [4.69, 9.17) is 4.99 Å². The molecule has 0 aromatic carbocycles. The normalized spacial score (nSPS) is 18.3. The Morgan fingerprint density at radius 1 is 1.39 bits per heavy atom. The Morgan fingerprint density at radius 3 is 2.61 bits per heavy atom. The number of nitrogens with one attached hydrogen (secondary N) is 2. The fourth-order valence-electron chi connectivity index (χ4n) is 3.40. The molecule has 2 atom stereocenters. The quantitative estimate of drug-likeness (QED) is 0.222. The minimum Gasteiger partial charge on any atom is -0.349 e. The third-order valence-corrected chi connectivity index (χ3v) is 5.90. The Balaban J connectivity index is 2.91. The maximum atomic E-state index is 11.7. The van der Waals surface area contributed by atoms with Crippen molar-refractivity contribution < 1.29 is 4.79 Å². The van der Waals surface area contributed by atoms with E-state index in [1.54, 1.807) is 6.08 Å². The third kappa shape index (κ3) is 8.80. The van der Waals surface area contributed by atoms with Gasteiger partial charge in [-0.15, -0.1) is 13.2 Å². The molecule has 0 bridgehead atoms. The van der Waals surface area contributed by atoms with E-state index >= 15 is 0 Å². The highest BCUT2D eigenvalue weighted by Gasteiger charge is 2.42. The minimum absolute atomic E-state index is 0.112. The number of carbonyl (C=O) groups is 1. The molecule has 1 amide bonds. The number of unbranched alkanes of at least 4 members (excludes halogenated alkanes) is 3. The zero-order chi connectivity index (χ0) is 23.3. The third-order valence-electron chi connectivity index (χ3n) is 5.90. The highest BCUT2D eigenvalue weighted by molar-refractivity contribution is 5.73. The van der Waals surface area contributed by atoms with E-state index in [0.29, 0.717) is 6.54 Å². The van der Waals surface area contributed by atoms with Crippen LogP contribution in [0.5, 0.6) is 0 Å². The van der Waals surface area contributed by atoms with Gasteiger partial charge in [0.2, 0.25) is 5.91 Å². The minimum atomic E-state index is -0.577. The number of amides is 1. The Bertz CT molecular complexity index is 701. The molecule has 2 N–H and O–H groups in total. The van der Waals surface area contributed by atoms with Crippen LogP contribution in [0.4, 0.5) is 0 Å². The summed E-state index contributed by atoms with van der Waals surface area (Å²) < 4.78 is 0. The fourth-order valence-corrected chi connectivity index (χ4v) is 3.40. The van der Waals surface area contributed by atoms with Gasteiger partial charge in [0.1, 0.15) is 5.54 Å². The van der Waals surface area contributed by atoms with Gasteiger partial charge >= 0.3 is 0 Å². The Morgan fingerprint density at radius 2 is 2.10 bits per heavy atom. The highest BCUT2D eigenvalue weighted by Crippen LogP contribution is 2.35. The molecule has 172 valence electrons. The molecule has 1 saturated carbocycles. The second kappa shape index (κ2) is 13.2. The van der Waals surface area contributed by atoms with Crippen molar-refractivity contribution in [1.29, 1.82) is 5.26 Å². The highest BCUT2D eigenvalue weighted by atomic mass is 16.1. The molecule has 31 heavy (non-hydrogen) atoms. The Hall–Kier alpha value is -2.23. The van der Waals surface area contributed by atoms with Crippen LogP contribution in [-0.2, 0) is 4.79 Å². The SMILES string of the molecule is C=CC(NC(C)=O)C(C)(C=C)C(=C/CN(C)CCNC1(C#N)CC1)/N=C/CCCCC. The number of hydrogen-bond acceptors (Lipinski definition) is 5. The summed E-state index contributed by atoms with van der Waals surface area (Å²) in [5.74, 6) is -0.112. The molecule has 1 fully saturated rings. The molecule has 0 aromatic heterocycles. The van der Waals surface area contributed by atoms with Crippen molar-refractivity contribution in [3.8, 4) is 6.07 Å². The van der Waals surface area contributed by atoms with Gasteiger partial charge in [-0.1, -0.05) is 31.9 Å². The van der Waals surface area contributed by atoms with Crippen molar-refractivity contribution in [2.75, 3.05) is 26.7 Å².